The first-order valence-corrected chi connectivity index (χ1v) is 8.27. The van der Waals surface area contributed by atoms with Gasteiger partial charge in [-0.05, 0) is 31.6 Å². The second-order valence-corrected chi connectivity index (χ2v) is 6.16. The Hall–Kier alpha value is -0.610. The standard InChI is InChI=1S/C16H32N2O2/c1-2-3-4-5-6-7-12-20-13-10-14-9-8-11-16(14,18)15(17)19/h14H,2-13,18H2,1H3,(H2,17,19). The molecule has 20 heavy (non-hydrogen) atoms. The summed E-state index contributed by atoms with van der Waals surface area (Å²) >= 11 is 0. The van der Waals surface area contributed by atoms with Gasteiger partial charge in [0.25, 0.3) is 0 Å². The molecule has 0 saturated heterocycles. The van der Waals surface area contributed by atoms with E-state index < -0.39 is 5.54 Å². The van der Waals surface area contributed by atoms with Crippen molar-refractivity contribution in [1.29, 1.82) is 0 Å². The van der Waals surface area contributed by atoms with Crippen LogP contribution in [0.1, 0.15) is 71.1 Å². The van der Waals surface area contributed by atoms with Crippen LogP contribution in [0.15, 0.2) is 0 Å². The predicted molar refractivity (Wildman–Crippen MR) is 82.3 cm³/mol. The van der Waals surface area contributed by atoms with Crippen LogP contribution in [-0.2, 0) is 9.53 Å². The van der Waals surface area contributed by atoms with Gasteiger partial charge in [-0.1, -0.05) is 45.4 Å². The highest BCUT2D eigenvalue weighted by Gasteiger charge is 2.43. The molecular formula is C16H32N2O2. The predicted octanol–water partition coefficient (Wildman–Crippen LogP) is 2.74. The first-order valence-electron chi connectivity index (χ1n) is 8.27. The molecule has 2 atom stereocenters. The summed E-state index contributed by atoms with van der Waals surface area (Å²) in [6.07, 6.45) is 11.3. The van der Waals surface area contributed by atoms with E-state index in [1.165, 1.54) is 32.1 Å². The molecule has 1 saturated carbocycles. The summed E-state index contributed by atoms with van der Waals surface area (Å²) in [5, 5.41) is 0. The molecule has 4 nitrogen and oxygen atoms in total. The molecule has 0 aliphatic heterocycles. The molecule has 1 rings (SSSR count). The average Bonchev–Trinajstić information content (AvgIpc) is 2.80. The number of carbonyl (C=O) groups is 1. The van der Waals surface area contributed by atoms with E-state index in [4.69, 9.17) is 16.2 Å². The van der Waals surface area contributed by atoms with Crippen LogP contribution >= 0.6 is 0 Å². The third-order valence-corrected chi connectivity index (χ3v) is 4.58. The minimum Gasteiger partial charge on any atom is -0.381 e. The molecule has 0 spiro atoms. The van der Waals surface area contributed by atoms with E-state index in [-0.39, 0.29) is 11.8 Å². The van der Waals surface area contributed by atoms with Gasteiger partial charge in [-0.25, -0.2) is 0 Å². The molecule has 4 N–H and O–H groups in total. The van der Waals surface area contributed by atoms with Crippen LogP contribution in [0.2, 0.25) is 0 Å². The molecule has 0 bridgehead atoms. The highest BCUT2D eigenvalue weighted by Crippen LogP contribution is 2.35. The highest BCUT2D eigenvalue weighted by atomic mass is 16.5. The molecule has 1 fully saturated rings. The van der Waals surface area contributed by atoms with Crippen molar-refractivity contribution in [1.82, 2.24) is 0 Å². The fraction of sp³-hybridized carbons (Fsp3) is 0.938. The van der Waals surface area contributed by atoms with E-state index in [1.807, 2.05) is 0 Å². The summed E-state index contributed by atoms with van der Waals surface area (Å²) in [6, 6.07) is 0. The Morgan fingerprint density at radius 2 is 1.90 bits per heavy atom. The SMILES string of the molecule is CCCCCCCCOCCC1CCCC1(N)C(N)=O. The molecule has 1 amide bonds. The maximum absolute atomic E-state index is 11.5. The number of rotatable bonds is 11. The second-order valence-electron chi connectivity index (χ2n) is 6.16. The number of amides is 1. The Labute approximate surface area is 123 Å². The third-order valence-electron chi connectivity index (χ3n) is 4.58. The summed E-state index contributed by atoms with van der Waals surface area (Å²) in [5.41, 5.74) is 10.8. The molecule has 2 unspecified atom stereocenters. The van der Waals surface area contributed by atoms with E-state index in [1.54, 1.807) is 0 Å². The van der Waals surface area contributed by atoms with E-state index in [2.05, 4.69) is 6.92 Å². The van der Waals surface area contributed by atoms with Crippen molar-refractivity contribution in [3.63, 3.8) is 0 Å². The van der Waals surface area contributed by atoms with Crippen molar-refractivity contribution in [3.05, 3.63) is 0 Å². The summed E-state index contributed by atoms with van der Waals surface area (Å²) in [5.74, 6) is -0.152. The van der Waals surface area contributed by atoms with Crippen LogP contribution in [0.4, 0.5) is 0 Å². The molecule has 4 heteroatoms. The van der Waals surface area contributed by atoms with Gasteiger partial charge in [0.15, 0.2) is 0 Å². The molecule has 0 aromatic heterocycles. The maximum atomic E-state index is 11.5. The largest absolute Gasteiger partial charge is 0.381 e. The summed E-state index contributed by atoms with van der Waals surface area (Å²) < 4.78 is 5.67. The fourth-order valence-electron chi connectivity index (χ4n) is 3.14. The first kappa shape index (κ1) is 17.4. The minimum absolute atomic E-state index is 0.199. The number of hydrogen-bond donors (Lipinski definition) is 2. The number of carbonyl (C=O) groups excluding carboxylic acids is 1. The lowest BCUT2D eigenvalue weighted by molar-refractivity contribution is -0.124. The van der Waals surface area contributed by atoms with Crippen LogP contribution in [0.3, 0.4) is 0 Å². The van der Waals surface area contributed by atoms with Gasteiger partial charge in [-0.15, -0.1) is 0 Å². The van der Waals surface area contributed by atoms with Gasteiger partial charge in [0.1, 0.15) is 0 Å². The summed E-state index contributed by atoms with van der Waals surface area (Å²) in [7, 11) is 0. The number of nitrogens with two attached hydrogens (primary N) is 2. The van der Waals surface area contributed by atoms with E-state index in [9.17, 15) is 4.79 Å². The Balaban J connectivity index is 2.02. The maximum Gasteiger partial charge on any atom is 0.237 e. The zero-order valence-corrected chi connectivity index (χ0v) is 13.0. The quantitative estimate of drug-likeness (QED) is 0.573. The van der Waals surface area contributed by atoms with E-state index >= 15 is 0 Å². The fourth-order valence-corrected chi connectivity index (χ4v) is 3.14. The van der Waals surface area contributed by atoms with Gasteiger partial charge >= 0.3 is 0 Å². The van der Waals surface area contributed by atoms with Crippen LogP contribution in [0.5, 0.6) is 0 Å². The zero-order valence-electron chi connectivity index (χ0n) is 13.0. The van der Waals surface area contributed by atoms with Crippen molar-refractivity contribution in [2.45, 2.75) is 76.7 Å². The average molecular weight is 284 g/mol. The van der Waals surface area contributed by atoms with Gasteiger partial charge in [-0.2, -0.15) is 0 Å². The van der Waals surface area contributed by atoms with Gasteiger partial charge in [0.05, 0.1) is 5.54 Å². The van der Waals surface area contributed by atoms with Crippen LogP contribution in [0.25, 0.3) is 0 Å². The smallest absolute Gasteiger partial charge is 0.237 e. The van der Waals surface area contributed by atoms with Crippen LogP contribution in [0, 0.1) is 5.92 Å². The lowest BCUT2D eigenvalue weighted by Gasteiger charge is -2.27. The monoisotopic (exact) mass is 284 g/mol. The number of primary amides is 1. The van der Waals surface area contributed by atoms with E-state index in [0.717, 1.165) is 38.7 Å². The number of ether oxygens (including phenoxy) is 1. The Kier molecular flexibility index (Phi) is 8.15. The summed E-state index contributed by atoms with van der Waals surface area (Å²) in [6.45, 7) is 3.76. The van der Waals surface area contributed by atoms with Crippen molar-refractivity contribution < 1.29 is 9.53 Å². The molecule has 0 radical (unpaired) electrons. The van der Waals surface area contributed by atoms with E-state index in [0.29, 0.717) is 6.61 Å². The molecule has 0 aromatic rings. The third kappa shape index (κ3) is 5.41. The van der Waals surface area contributed by atoms with Crippen molar-refractivity contribution in [3.8, 4) is 0 Å². The number of unbranched alkanes of at least 4 members (excludes halogenated alkanes) is 5. The Bertz CT molecular complexity index is 284. The van der Waals surface area contributed by atoms with Crippen LogP contribution < -0.4 is 11.5 Å². The minimum atomic E-state index is -0.788. The van der Waals surface area contributed by atoms with Gasteiger partial charge < -0.3 is 16.2 Å². The highest BCUT2D eigenvalue weighted by molar-refractivity contribution is 5.85. The molecular weight excluding hydrogens is 252 g/mol. The topological polar surface area (TPSA) is 78.3 Å². The van der Waals surface area contributed by atoms with Gasteiger partial charge in [-0.3, -0.25) is 4.79 Å². The lowest BCUT2D eigenvalue weighted by atomic mass is 9.85. The van der Waals surface area contributed by atoms with Gasteiger partial charge in [0, 0.05) is 13.2 Å². The Morgan fingerprint density at radius 3 is 2.60 bits per heavy atom. The normalized spacial score (nSPS) is 26.0. The zero-order chi connectivity index (χ0) is 14.8. The molecule has 0 heterocycles. The Morgan fingerprint density at radius 1 is 1.20 bits per heavy atom. The lowest BCUT2D eigenvalue weighted by Crippen LogP contribution is -2.54. The first-order chi connectivity index (χ1) is 9.61. The second kappa shape index (κ2) is 9.35. The van der Waals surface area contributed by atoms with Crippen LogP contribution in [-0.4, -0.2) is 24.7 Å². The molecule has 0 aromatic carbocycles. The molecule has 1 aliphatic carbocycles. The van der Waals surface area contributed by atoms with Crippen molar-refractivity contribution >= 4 is 5.91 Å². The molecule has 1 aliphatic rings. The van der Waals surface area contributed by atoms with Crippen molar-refractivity contribution in [2.24, 2.45) is 17.4 Å². The number of hydrogen-bond acceptors (Lipinski definition) is 3. The van der Waals surface area contributed by atoms with Gasteiger partial charge in [0.2, 0.25) is 5.91 Å². The van der Waals surface area contributed by atoms with Crippen molar-refractivity contribution in [2.75, 3.05) is 13.2 Å². The molecule has 118 valence electrons. The summed E-state index contributed by atoms with van der Waals surface area (Å²) in [4.78, 5) is 11.5.